The molecule has 60 valence electrons. The average Bonchev–Trinajstić information content (AvgIpc) is 2.04. The standard InChI is InChI=1S/C10H20/c1-3-9-7-5-6-8-10(9)4-2/h9-10H,3-8H2,1-2H3/t9-,10-/m1/s1. The average molecular weight is 140 g/mol. The summed E-state index contributed by atoms with van der Waals surface area (Å²) >= 11 is 0. The first-order valence-corrected chi connectivity index (χ1v) is 4.88. The van der Waals surface area contributed by atoms with Gasteiger partial charge in [-0.3, -0.25) is 0 Å². The second-order valence-electron chi connectivity index (χ2n) is 3.62. The Morgan fingerprint density at radius 1 is 0.900 bits per heavy atom. The monoisotopic (exact) mass is 140 g/mol. The normalized spacial score (nSPS) is 34.2. The van der Waals surface area contributed by atoms with E-state index < -0.39 is 0 Å². The van der Waals surface area contributed by atoms with Crippen molar-refractivity contribution in [2.75, 3.05) is 0 Å². The van der Waals surface area contributed by atoms with E-state index in [9.17, 15) is 0 Å². The molecule has 1 rings (SSSR count). The Morgan fingerprint density at radius 2 is 1.30 bits per heavy atom. The fraction of sp³-hybridized carbons (Fsp3) is 1.00. The molecule has 0 unspecified atom stereocenters. The molecule has 0 saturated heterocycles. The summed E-state index contributed by atoms with van der Waals surface area (Å²) in [5.41, 5.74) is 0. The van der Waals surface area contributed by atoms with Crippen LogP contribution in [0, 0.1) is 11.8 Å². The minimum atomic E-state index is 1.07. The third kappa shape index (κ3) is 1.74. The zero-order valence-corrected chi connectivity index (χ0v) is 7.40. The van der Waals surface area contributed by atoms with Crippen LogP contribution >= 0.6 is 0 Å². The SMILES string of the molecule is CC[C@@H]1CCCC[C@H]1CC. The van der Waals surface area contributed by atoms with Gasteiger partial charge in [0.25, 0.3) is 0 Å². The molecule has 0 amide bonds. The van der Waals surface area contributed by atoms with Gasteiger partial charge in [-0.05, 0) is 11.8 Å². The van der Waals surface area contributed by atoms with Gasteiger partial charge in [0.15, 0.2) is 0 Å². The molecule has 1 aliphatic rings. The van der Waals surface area contributed by atoms with E-state index in [0.717, 1.165) is 11.8 Å². The summed E-state index contributed by atoms with van der Waals surface area (Å²) in [6.07, 6.45) is 8.84. The molecule has 1 aliphatic carbocycles. The van der Waals surface area contributed by atoms with Crippen LogP contribution < -0.4 is 0 Å². The quantitative estimate of drug-likeness (QED) is 0.549. The van der Waals surface area contributed by atoms with Crippen LogP contribution in [0.25, 0.3) is 0 Å². The lowest BCUT2D eigenvalue weighted by Gasteiger charge is -2.29. The minimum absolute atomic E-state index is 1.07. The van der Waals surface area contributed by atoms with Crippen molar-refractivity contribution in [2.45, 2.75) is 52.4 Å². The zero-order chi connectivity index (χ0) is 7.40. The molecule has 10 heavy (non-hydrogen) atoms. The summed E-state index contributed by atoms with van der Waals surface area (Å²) in [5.74, 6) is 2.14. The molecule has 1 fully saturated rings. The van der Waals surface area contributed by atoms with Crippen LogP contribution in [0.3, 0.4) is 0 Å². The highest BCUT2D eigenvalue weighted by Crippen LogP contribution is 2.33. The van der Waals surface area contributed by atoms with Crippen LogP contribution in [0.15, 0.2) is 0 Å². The van der Waals surface area contributed by atoms with Crippen LogP contribution in [-0.2, 0) is 0 Å². The fourth-order valence-corrected chi connectivity index (χ4v) is 2.36. The van der Waals surface area contributed by atoms with Gasteiger partial charge in [0.1, 0.15) is 0 Å². The van der Waals surface area contributed by atoms with Crippen LogP contribution in [-0.4, -0.2) is 0 Å². The number of rotatable bonds is 2. The Labute approximate surface area is 65.0 Å². The van der Waals surface area contributed by atoms with E-state index in [1.54, 1.807) is 0 Å². The van der Waals surface area contributed by atoms with Gasteiger partial charge in [0.05, 0.1) is 0 Å². The third-order valence-corrected chi connectivity index (χ3v) is 3.12. The molecule has 1 saturated carbocycles. The summed E-state index contributed by atoms with van der Waals surface area (Å²) in [6.45, 7) is 4.69. The Morgan fingerprint density at radius 3 is 1.60 bits per heavy atom. The largest absolute Gasteiger partial charge is 0.0651 e. The van der Waals surface area contributed by atoms with Crippen molar-refractivity contribution < 1.29 is 0 Å². The van der Waals surface area contributed by atoms with E-state index in [4.69, 9.17) is 0 Å². The molecular weight excluding hydrogens is 120 g/mol. The van der Waals surface area contributed by atoms with Crippen molar-refractivity contribution in [1.29, 1.82) is 0 Å². The first-order valence-electron chi connectivity index (χ1n) is 4.88. The molecule has 0 aliphatic heterocycles. The van der Waals surface area contributed by atoms with Crippen LogP contribution in [0.1, 0.15) is 52.4 Å². The summed E-state index contributed by atoms with van der Waals surface area (Å²) < 4.78 is 0. The maximum atomic E-state index is 2.35. The summed E-state index contributed by atoms with van der Waals surface area (Å²) in [6, 6.07) is 0. The van der Waals surface area contributed by atoms with E-state index in [0.29, 0.717) is 0 Å². The van der Waals surface area contributed by atoms with Gasteiger partial charge in [-0.25, -0.2) is 0 Å². The van der Waals surface area contributed by atoms with Gasteiger partial charge < -0.3 is 0 Å². The summed E-state index contributed by atoms with van der Waals surface area (Å²) in [4.78, 5) is 0. The molecule has 0 aromatic carbocycles. The lowest BCUT2D eigenvalue weighted by Crippen LogP contribution is -2.17. The smallest absolute Gasteiger partial charge is 0.0389 e. The lowest BCUT2D eigenvalue weighted by molar-refractivity contribution is 0.224. The minimum Gasteiger partial charge on any atom is -0.0651 e. The molecule has 0 radical (unpaired) electrons. The van der Waals surface area contributed by atoms with Crippen molar-refractivity contribution in [1.82, 2.24) is 0 Å². The van der Waals surface area contributed by atoms with Gasteiger partial charge >= 0.3 is 0 Å². The van der Waals surface area contributed by atoms with Crippen LogP contribution in [0.4, 0.5) is 0 Å². The predicted molar refractivity (Wildman–Crippen MR) is 46.0 cm³/mol. The number of hydrogen-bond donors (Lipinski definition) is 0. The Balaban J connectivity index is 2.34. The molecule has 0 bridgehead atoms. The Bertz CT molecular complexity index is 74.0. The second kappa shape index (κ2) is 4.00. The Kier molecular flexibility index (Phi) is 3.24. The van der Waals surface area contributed by atoms with E-state index in [1.165, 1.54) is 38.5 Å². The van der Waals surface area contributed by atoms with Gasteiger partial charge in [-0.2, -0.15) is 0 Å². The number of hydrogen-bond acceptors (Lipinski definition) is 0. The molecule has 0 aromatic heterocycles. The van der Waals surface area contributed by atoms with E-state index in [1.807, 2.05) is 0 Å². The highest BCUT2D eigenvalue weighted by molar-refractivity contribution is 4.72. The van der Waals surface area contributed by atoms with Gasteiger partial charge in [0.2, 0.25) is 0 Å². The molecule has 0 heteroatoms. The first kappa shape index (κ1) is 8.10. The molecule has 0 nitrogen and oxygen atoms in total. The van der Waals surface area contributed by atoms with Crippen molar-refractivity contribution in [3.8, 4) is 0 Å². The highest BCUT2D eigenvalue weighted by atomic mass is 14.3. The van der Waals surface area contributed by atoms with Crippen molar-refractivity contribution in [3.63, 3.8) is 0 Å². The molecule has 0 heterocycles. The third-order valence-electron chi connectivity index (χ3n) is 3.12. The molecular formula is C10H20. The van der Waals surface area contributed by atoms with E-state index in [-0.39, 0.29) is 0 Å². The van der Waals surface area contributed by atoms with E-state index in [2.05, 4.69) is 13.8 Å². The second-order valence-corrected chi connectivity index (χ2v) is 3.62. The Hall–Kier alpha value is 0. The van der Waals surface area contributed by atoms with Gasteiger partial charge in [-0.15, -0.1) is 0 Å². The maximum absolute atomic E-state index is 2.35. The summed E-state index contributed by atoms with van der Waals surface area (Å²) in [7, 11) is 0. The maximum Gasteiger partial charge on any atom is -0.0389 e. The van der Waals surface area contributed by atoms with Crippen LogP contribution in [0.5, 0.6) is 0 Å². The van der Waals surface area contributed by atoms with E-state index >= 15 is 0 Å². The highest BCUT2D eigenvalue weighted by Gasteiger charge is 2.21. The zero-order valence-electron chi connectivity index (χ0n) is 7.40. The van der Waals surface area contributed by atoms with Crippen molar-refractivity contribution in [2.24, 2.45) is 11.8 Å². The molecule has 0 aromatic rings. The molecule has 0 N–H and O–H groups in total. The lowest BCUT2D eigenvalue weighted by atomic mass is 9.77. The van der Waals surface area contributed by atoms with Gasteiger partial charge in [-0.1, -0.05) is 52.4 Å². The predicted octanol–water partition coefficient (Wildman–Crippen LogP) is 3.61. The first-order chi connectivity index (χ1) is 4.88. The fourth-order valence-electron chi connectivity index (χ4n) is 2.36. The van der Waals surface area contributed by atoms with Crippen molar-refractivity contribution >= 4 is 0 Å². The molecule has 0 spiro atoms. The van der Waals surface area contributed by atoms with Crippen molar-refractivity contribution in [3.05, 3.63) is 0 Å². The van der Waals surface area contributed by atoms with Crippen LogP contribution in [0.2, 0.25) is 0 Å². The summed E-state index contributed by atoms with van der Waals surface area (Å²) in [5, 5.41) is 0. The molecule has 2 atom stereocenters. The topological polar surface area (TPSA) is 0 Å². The van der Waals surface area contributed by atoms with Gasteiger partial charge in [0, 0.05) is 0 Å².